The van der Waals surface area contributed by atoms with Crippen LogP contribution >= 0.6 is 7.82 Å². The van der Waals surface area contributed by atoms with Crippen molar-refractivity contribution in [2.75, 3.05) is 40.9 Å². The molecule has 0 aromatic carbocycles. The lowest BCUT2D eigenvalue weighted by molar-refractivity contribution is -0.870. The topological polar surface area (TPSA) is 108 Å². The fourth-order valence-corrected chi connectivity index (χ4v) is 11.1. The molecule has 0 saturated carbocycles. The van der Waals surface area contributed by atoms with Crippen LogP contribution in [0.1, 0.15) is 322 Å². The molecule has 86 heavy (non-hydrogen) atoms. The first kappa shape index (κ1) is 83.2. The summed E-state index contributed by atoms with van der Waals surface area (Å²) in [6.07, 6.45) is 98.0. The van der Waals surface area contributed by atoms with Gasteiger partial charge in [0.25, 0.3) is 7.82 Å². The molecule has 0 aliphatic carbocycles. The summed E-state index contributed by atoms with van der Waals surface area (Å²) in [7, 11) is 1.24. The Labute approximate surface area is 533 Å². The highest BCUT2D eigenvalue weighted by molar-refractivity contribution is 7.45. The van der Waals surface area contributed by atoms with E-state index < -0.39 is 26.6 Å². The van der Waals surface area contributed by atoms with E-state index in [1.165, 1.54) is 218 Å². The van der Waals surface area contributed by atoms with E-state index in [4.69, 9.17) is 9.05 Å². The molecule has 0 spiro atoms. The molecule has 2 N–H and O–H groups in total. The molecule has 498 valence electrons. The van der Waals surface area contributed by atoms with Crippen LogP contribution in [0.15, 0.2) is 109 Å². The van der Waals surface area contributed by atoms with Gasteiger partial charge in [-0.1, -0.05) is 329 Å². The molecule has 0 rings (SSSR count). The lowest BCUT2D eigenvalue weighted by Gasteiger charge is -2.29. The maximum atomic E-state index is 13.0. The van der Waals surface area contributed by atoms with Gasteiger partial charge >= 0.3 is 0 Å². The number of rotatable bonds is 66. The minimum Gasteiger partial charge on any atom is -0.756 e. The maximum absolute atomic E-state index is 13.0. The standard InChI is InChI=1S/C77H139N2O6P/c1-6-8-10-12-14-16-18-20-22-24-26-28-30-31-32-33-34-35-36-37-38-39-40-41-42-43-44-45-46-47-49-51-53-55-57-59-61-63-65-67-69-71-77(81)78-75(74-85-86(82,83)84-73-72-79(3,4)5)76(80)70-68-66-64-62-60-58-56-54-52-50-48-29-27-25-23-21-19-17-15-13-11-9-7-2/h8,10,14,16,20,22,26,28,31-32,34-35,52,54,60,62,68,70,75-76,80H,6-7,9,11-13,15,17-19,21,23-25,27,29-30,33,36-51,53,55-59,61,63-67,69,71-74H2,1-5H3,(H-,78,81,82,83)/b10-8-,16-14-,22-20-,28-26-,32-31-,35-34-,54-52+,62-60+,70-68+. The zero-order valence-corrected chi connectivity index (χ0v) is 57.9. The Morgan fingerprint density at radius 1 is 0.419 bits per heavy atom. The number of phosphoric acid groups is 1. The van der Waals surface area contributed by atoms with E-state index in [1.54, 1.807) is 6.08 Å². The lowest BCUT2D eigenvalue weighted by Crippen LogP contribution is -2.45. The first-order valence-electron chi connectivity index (χ1n) is 36.2. The molecule has 0 aromatic heterocycles. The normalized spacial score (nSPS) is 14.3. The molecule has 3 unspecified atom stereocenters. The van der Waals surface area contributed by atoms with Gasteiger partial charge in [0.05, 0.1) is 39.9 Å². The highest BCUT2D eigenvalue weighted by Crippen LogP contribution is 2.38. The van der Waals surface area contributed by atoms with Gasteiger partial charge in [-0.15, -0.1) is 0 Å². The Bertz CT molecular complexity index is 1770. The number of nitrogens with one attached hydrogen (secondary N) is 1. The number of hydrogen-bond acceptors (Lipinski definition) is 6. The molecule has 8 nitrogen and oxygen atoms in total. The van der Waals surface area contributed by atoms with Crippen molar-refractivity contribution < 1.29 is 32.9 Å². The largest absolute Gasteiger partial charge is 0.756 e. The van der Waals surface area contributed by atoms with Crippen molar-refractivity contribution in [3.8, 4) is 0 Å². The number of allylic oxidation sites excluding steroid dienone is 17. The smallest absolute Gasteiger partial charge is 0.268 e. The van der Waals surface area contributed by atoms with Gasteiger partial charge in [0.2, 0.25) is 5.91 Å². The second-order valence-corrected chi connectivity index (χ2v) is 27.0. The van der Waals surface area contributed by atoms with Crippen LogP contribution in [0.5, 0.6) is 0 Å². The molecular weight excluding hydrogens is 1080 g/mol. The number of hydrogen-bond donors (Lipinski definition) is 2. The predicted molar refractivity (Wildman–Crippen MR) is 376 cm³/mol. The number of aliphatic hydroxyl groups is 1. The average molecular weight is 1220 g/mol. The van der Waals surface area contributed by atoms with E-state index in [1.807, 2.05) is 27.2 Å². The van der Waals surface area contributed by atoms with Gasteiger partial charge in [-0.2, -0.15) is 0 Å². The van der Waals surface area contributed by atoms with E-state index in [0.717, 1.165) is 83.5 Å². The molecule has 0 saturated heterocycles. The first-order chi connectivity index (χ1) is 42.0. The molecule has 9 heteroatoms. The quantitative estimate of drug-likeness (QED) is 0.0272. The molecule has 0 aliphatic rings. The minimum absolute atomic E-state index is 0.0108. The summed E-state index contributed by atoms with van der Waals surface area (Å²) in [4.78, 5) is 25.6. The molecule has 1 amide bonds. The van der Waals surface area contributed by atoms with E-state index >= 15 is 0 Å². The Balaban J connectivity index is 4.02. The van der Waals surface area contributed by atoms with Gasteiger partial charge < -0.3 is 28.8 Å². The molecule has 0 aliphatic heterocycles. The van der Waals surface area contributed by atoms with Crippen LogP contribution in [-0.2, 0) is 18.4 Å². The van der Waals surface area contributed by atoms with Crippen LogP contribution in [-0.4, -0.2) is 68.5 Å². The number of unbranched alkanes of at least 4 members (excludes halogenated alkanes) is 37. The third kappa shape index (κ3) is 68.6. The molecule has 0 fully saturated rings. The number of phosphoric ester groups is 1. The number of quaternary nitrogens is 1. The summed E-state index contributed by atoms with van der Waals surface area (Å²) in [6, 6.07) is -0.915. The van der Waals surface area contributed by atoms with Crippen molar-refractivity contribution in [1.29, 1.82) is 0 Å². The fraction of sp³-hybridized carbons (Fsp3) is 0.753. The average Bonchev–Trinajstić information content (AvgIpc) is 3.70. The van der Waals surface area contributed by atoms with Crippen molar-refractivity contribution in [1.82, 2.24) is 5.32 Å². The number of carbonyl (C=O) groups is 1. The number of likely N-dealkylation sites (N-methyl/N-ethyl adjacent to an activating group) is 1. The van der Waals surface area contributed by atoms with Crippen molar-refractivity contribution in [3.63, 3.8) is 0 Å². The Morgan fingerprint density at radius 3 is 1.08 bits per heavy atom. The number of carbonyl (C=O) groups excluding carboxylic acids is 1. The van der Waals surface area contributed by atoms with Crippen LogP contribution < -0.4 is 10.2 Å². The van der Waals surface area contributed by atoms with E-state index in [9.17, 15) is 19.4 Å². The maximum Gasteiger partial charge on any atom is 0.268 e. The van der Waals surface area contributed by atoms with Crippen molar-refractivity contribution in [3.05, 3.63) is 109 Å². The Kier molecular flexibility index (Phi) is 64.4. The second-order valence-electron chi connectivity index (χ2n) is 25.5. The summed E-state index contributed by atoms with van der Waals surface area (Å²) in [5.41, 5.74) is 0. The monoisotopic (exact) mass is 1220 g/mol. The summed E-state index contributed by atoms with van der Waals surface area (Å²) in [6.45, 7) is 4.53. The van der Waals surface area contributed by atoms with Crippen LogP contribution in [0.2, 0.25) is 0 Å². The highest BCUT2D eigenvalue weighted by Gasteiger charge is 2.23. The van der Waals surface area contributed by atoms with Crippen molar-refractivity contribution in [2.45, 2.75) is 334 Å². The Hall–Kier alpha value is -2.84. The molecule has 3 atom stereocenters. The van der Waals surface area contributed by atoms with Gasteiger partial charge in [0.15, 0.2) is 0 Å². The van der Waals surface area contributed by atoms with Crippen LogP contribution in [0.25, 0.3) is 0 Å². The van der Waals surface area contributed by atoms with Crippen LogP contribution in [0, 0.1) is 0 Å². The van der Waals surface area contributed by atoms with Gasteiger partial charge in [-0.25, -0.2) is 0 Å². The van der Waals surface area contributed by atoms with Gasteiger partial charge in [0, 0.05) is 6.42 Å². The van der Waals surface area contributed by atoms with Gasteiger partial charge in [-0.3, -0.25) is 9.36 Å². The fourth-order valence-electron chi connectivity index (χ4n) is 10.4. The first-order valence-corrected chi connectivity index (χ1v) is 37.7. The Morgan fingerprint density at radius 2 is 0.721 bits per heavy atom. The van der Waals surface area contributed by atoms with Crippen LogP contribution in [0.4, 0.5) is 0 Å². The third-order valence-electron chi connectivity index (χ3n) is 15.9. The summed E-state index contributed by atoms with van der Waals surface area (Å²) in [5.74, 6) is -0.209. The minimum atomic E-state index is -4.62. The number of nitrogens with zero attached hydrogens (tertiary/aromatic N) is 1. The van der Waals surface area contributed by atoms with Crippen LogP contribution in [0.3, 0.4) is 0 Å². The number of amides is 1. The SMILES string of the molecule is CC/C=C\C/C=C\C/C=C\C/C=C\C/C=C\C/C=C\CCCCCCCCCCCCCCCCCCCCCCCCC(=O)NC(COP(=O)([O-])OCC[N+](C)(C)C)C(O)/C=C/CC/C=C/CC/C=C/CCCCCCCCCCCCCCC. The molecule has 0 aromatic rings. The summed E-state index contributed by atoms with van der Waals surface area (Å²) in [5, 5.41) is 13.9. The highest BCUT2D eigenvalue weighted by atomic mass is 31.2. The van der Waals surface area contributed by atoms with E-state index in [-0.39, 0.29) is 12.5 Å². The molecular formula is C77H139N2O6P. The van der Waals surface area contributed by atoms with E-state index in [2.05, 4.69) is 116 Å². The zero-order valence-electron chi connectivity index (χ0n) is 57.0. The predicted octanol–water partition coefficient (Wildman–Crippen LogP) is 22.8. The molecule has 0 radical (unpaired) electrons. The zero-order chi connectivity index (χ0) is 62.6. The molecule has 0 bridgehead atoms. The lowest BCUT2D eigenvalue weighted by atomic mass is 10.0. The van der Waals surface area contributed by atoms with Crippen molar-refractivity contribution >= 4 is 13.7 Å². The number of aliphatic hydroxyl groups excluding tert-OH is 1. The van der Waals surface area contributed by atoms with Gasteiger partial charge in [0.1, 0.15) is 13.2 Å². The second kappa shape index (κ2) is 66.6. The summed E-state index contributed by atoms with van der Waals surface area (Å²) >= 11 is 0. The molecule has 0 heterocycles. The van der Waals surface area contributed by atoms with Crippen molar-refractivity contribution in [2.24, 2.45) is 0 Å². The van der Waals surface area contributed by atoms with E-state index in [0.29, 0.717) is 17.4 Å². The summed E-state index contributed by atoms with van der Waals surface area (Å²) < 4.78 is 23.4. The third-order valence-corrected chi connectivity index (χ3v) is 16.9. The van der Waals surface area contributed by atoms with Gasteiger partial charge in [-0.05, 0) is 96.3 Å².